The van der Waals surface area contributed by atoms with Crippen LogP contribution in [0.2, 0.25) is 0 Å². The second-order valence-electron chi connectivity index (χ2n) is 5.15. The molecule has 0 aromatic heterocycles. The molecule has 0 radical (unpaired) electrons. The molecule has 120 valence electrons. The minimum atomic E-state index is -0.712. The van der Waals surface area contributed by atoms with Gasteiger partial charge in [0.2, 0.25) is 0 Å². The third-order valence-electron chi connectivity index (χ3n) is 3.62. The first kappa shape index (κ1) is 15.7. The standard InChI is InChI=1S/C19H15NO4/c1-2-24-19(23)16(12-13-8-4-3-5-9-13)20-17(21)14-10-6-7-11-15(14)18(20)22/h3-12H,2H2,1H3/b16-12+. The molecule has 0 spiro atoms. The lowest BCUT2D eigenvalue weighted by Gasteiger charge is -2.16. The average Bonchev–Trinajstić information content (AvgIpc) is 2.86. The summed E-state index contributed by atoms with van der Waals surface area (Å²) in [6.07, 6.45) is 1.49. The van der Waals surface area contributed by atoms with Gasteiger partial charge in [-0.1, -0.05) is 42.5 Å². The average molecular weight is 321 g/mol. The number of carbonyl (C=O) groups is 3. The molecule has 1 heterocycles. The first-order valence-corrected chi connectivity index (χ1v) is 7.55. The van der Waals surface area contributed by atoms with Crippen molar-refractivity contribution in [3.63, 3.8) is 0 Å². The molecule has 2 amide bonds. The molecular formula is C19H15NO4. The third-order valence-corrected chi connectivity index (χ3v) is 3.62. The number of ether oxygens (including phenoxy) is 1. The summed E-state index contributed by atoms with van der Waals surface area (Å²) in [5.41, 5.74) is 1.17. The maximum atomic E-state index is 12.6. The van der Waals surface area contributed by atoms with E-state index in [4.69, 9.17) is 4.74 Å². The summed E-state index contributed by atoms with van der Waals surface area (Å²) < 4.78 is 5.03. The molecule has 0 atom stereocenters. The molecule has 2 aromatic carbocycles. The lowest BCUT2D eigenvalue weighted by Crippen LogP contribution is -2.33. The van der Waals surface area contributed by atoms with Crippen molar-refractivity contribution in [2.24, 2.45) is 0 Å². The fourth-order valence-electron chi connectivity index (χ4n) is 2.53. The van der Waals surface area contributed by atoms with E-state index in [1.807, 2.05) is 6.07 Å². The van der Waals surface area contributed by atoms with Gasteiger partial charge in [-0.05, 0) is 30.7 Å². The minimum absolute atomic E-state index is 0.0887. The van der Waals surface area contributed by atoms with Gasteiger partial charge >= 0.3 is 5.97 Å². The minimum Gasteiger partial charge on any atom is -0.461 e. The van der Waals surface area contributed by atoms with Crippen LogP contribution in [0.5, 0.6) is 0 Å². The number of carbonyl (C=O) groups excluding carboxylic acids is 3. The zero-order chi connectivity index (χ0) is 17.1. The van der Waals surface area contributed by atoms with Crippen molar-refractivity contribution in [1.29, 1.82) is 0 Å². The van der Waals surface area contributed by atoms with Crippen LogP contribution in [-0.4, -0.2) is 29.3 Å². The van der Waals surface area contributed by atoms with Crippen molar-refractivity contribution in [3.8, 4) is 0 Å². The number of hydrogen-bond donors (Lipinski definition) is 0. The van der Waals surface area contributed by atoms with E-state index in [1.165, 1.54) is 6.08 Å². The molecule has 0 saturated heterocycles. The molecule has 0 N–H and O–H groups in total. The second kappa shape index (κ2) is 6.50. The summed E-state index contributed by atoms with van der Waals surface area (Å²) in [6.45, 7) is 1.81. The van der Waals surface area contributed by atoms with Crippen molar-refractivity contribution in [2.45, 2.75) is 6.92 Å². The van der Waals surface area contributed by atoms with E-state index in [1.54, 1.807) is 55.5 Å². The van der Waals surface area contributed by atoms with Crippen molar-refractivity contribution < 1.29 is 19.1 Å². The van der Waals surface area contributed by atoms with Gasteiger partial charge in [0.05, 0.1) is 17.7 Å². The summed E-state index contributed by atoms with van der Waals surface area (Å²) in [5.74, 6) is -1.76. The monoisotopic (exact) mass is 321 g/mol. The van der Waals surface area contributed by atoms with Crippen LogP contribution in [0.15, 0.2) is 60.3 Å². The Hall–Kier alpha value is -3.21. The third kappa shape index (κ3) is 2.72. The maximum Gasteiger partial charge on any atom is 0.355 e. The van der Waals surface area contributed by atoms with Crippen LogP contribution in [0.1, 0.15) is 33.2 Å². The number of amides is 2. The van der Waals surface area contributed by atoms with Crippen molar-refractivity contribution >= 4 is 23.9 Å². The van der Waals surface area contributed by atoms with E-state index in [0.717, 1.165) is 4.90 Å². The summed E-state index contributed by atoms with van der Waals surface area (Å²) in [4.78, 5) is 38.4. The molecular weight excluding hydrogens is 306 g/mol. The Labute approximate surface area is 139 Å². The SMILES string of the molecule is CCOC(=O)/C(=C\c1ccccc1)N1C(=O)c2ccccc2C1=O. The van der Waals surface area contributed by atoms with Crippen molar-refractivity contribution in [2.75, 3.05) is 6.61 Å². The van der Waals surface area contributed by atoms with Gasteiger partial charge in [0.1, 0.15) is 5.70 Å². The first-order valence-electron chi connectivity index (χ1n) is 7.55. The highest BCUT2D eigenvalue weighted by Gasteiger charge is 2.40. The van der Waals surface area contributed by atoms with Crippen LogP contribution in [0, 0.1) is 0 Å². The Bertz CT molecular complexity index is 804. The lowest BCUT2D eigenvalue weighted by atomic mass is 10.1. The highest BCUT2D eigenvalue weighted by atomic mass is 16.5. The van der Waals surface area contributed by atoms with Crippen molar-refractivity contribution in [1.82, 2.24) is 4.90 Å². The molecule has 2 aromatic rings. The highest BCUT2D eigenvalue weighted by molar-refractivity contribution is 6.25. The maximum absolute atomic E-state index is 12.6. The fraction of sp³-hybridized carbons (Fsp3) is 0.105. The van der Waals surface area contributed by atoms with Gasteiger partial charge in [0.25, 0.3) is 11.8 Å². The molecule has 0 bridgehead atoms. The number of nitrogens with zero attached hydrogens (tertiary/aromatic N) is 1. The number of esters is 1. The molecule has 5 heteroatoms. The van der Waals surface area contributed by atoms with Crippen LogP contribution < -0.4 is 0 Å². The summed E-state index contributed by atoms with van der Waals surface area (Å²) in [6, 6.07) is 15.5. The van der Waals surface area contributed by atoms with Gasteiger partial charge in [0.15, 0.2) is 0 Å². The Morgan fingerprint density at radius 1 is 0.958 bits per heavy atom. The topological polar surface area (TPSA) is 63.7 Å². The number of imide groups is 1. The second-order valence-corrected chi connectivity index (χ2v) is 5.15. The Kier molecular flexibility index (Phi) is 4.24. The Morgan fingerprint density at radius 2 is 1.50 bits per heavy atom. The molecule has 1 aliphatic heterocycles. The van der Waals surface area contributed by atoms with Crippen LogP contribution in [0.3, 0.4) is 0 Å². The molecule has 5 nitrogen and oxygen atoms in total. The summed E-state index contributed by atoms with van der Waals surface area (Å²) >= 11 is 0. The predicted molar refractivity (Wildman–Crippen MR) is 88.0 cm³/mol. The lowest BCUT2D eigenvalue weighted by molar-refractivity contribution is -0.139. The van der Waals surface area contributed by atoms with Crippen molar-refractivity contribution in [3.05, 3.63) is 77.0 Å². The van der Waals surface area contributed by atoms with Crippen LogP contribution in [0.4, 0.5) is 0 Å². The molecule has 0 unspecified atom stereocenters. The molecule has 3 rings (SSSR count). The van der Waals surface area contributed by atoms with Gasteiger partial charge in [-0.3, -0.25) is 9.59 Å². The molecule has 24 heavy (non-hydrogen) atoms. The molecule has 0 fully saturated rings. The van der Waals surface area contributed by atoms with Crippen LogP contribution in [0.25, 0.3) is 6.08 Å². The van der Waals surface area contributed by atoms with E-state index in [2.05, 4.69) is 0 Å². The zero-order valence-corrected chi connectivity index (χ0v) is 13.1. The Morgan fingerprint density at radius 3 is 2.04 bits per heavy atom. The van der Waals surface area contributed by atoms with E-state index in [0.29, 0.717) is 5.56 Å². The van der Waals surface area contributed by atoms with E-state index in [-0.39, 0.29) is 23.4 Å². The number of hydrogen-bond acceptors (Lipinski definition) is 4. The molecule has 1 aliphatic rings. The largest absolute Gasteiger partial charge is 0.461 e. The number of benzene rings is 2. The van der Waals surface area contributed by atoms with E-state index in [9.17, 15) is 14.4 Å². The number of fused-ring (bicyclic) bond motifs is 1. The van der Waals surface area contributed by atoms with E-state index >= 15 is 0 Å². The molecule has 0 saturated carbocycles. The summed E-state index contributed by atoms with van der Waals surface area (Å²) in [5, 5.41) is 0. The summed E-state index contributed by atoms with van der Waals surface area (Å²) in [7, 11) is 0. The van der Waals surface area contributed by atoms with Gasteiger partial charge in [0, 0.05) is 0 Å². The first-order chi connectivity index (χ1) is 11.6. The normalized spacial score (nSPS) is 13.9. The van der Waals surface area contributed by atoms with Gasteiger partial charge in [-0.2, -0.15) is 0 Å². The zero-order valence-electron chi connectivity index (χ0n) is 13.1. The Balaban J connectivity index is 2.07. The van der Waals surface area contributed by atoms with Crippen LogP contribution >= 0.6 is 0 Å². The molecule has 0 aliphatic carbocycles. The van der Waals surface area contributed by atoms with Gasteiger partial charge in [-0.15, -0.1) is 0 Å². The van der Waals surface area contributed by atoms with Crippen LogP contribution in [-0.2, 0) is 9.53 Å². The fourth-order valence-corrected chi connectivity index (χ4v) is 2.53. The predicted octanol–water partition coefficient (Wildman–Crippen LogP) is 2.89. The van der Waals surface area contributed by atoms with Gasteiger partial charge < -0.3 is 4.74 Å². The van der Waals surface area contributed by atoms with E-state index < -0.39 is 17.8 Å². The van der Waals surface area contributed by atoms with Gasteiger partial charge in [-0.25, -0.2) is 9.69 Å². The highest BCUT2D eigenvalue weighted by Crippen LogP contribution is 2.27. The quantitative estimate of drug-likeness (QED) is 0.493. The number of rotatable bonds is 4. The smallest absolute Gasteiger partial charge is 0.355 e.